The molecule has 1 rings (SSSR count). The molecule has 0 bridgehead atoms. The Balaban J connectivity index is 2.88. The highest BCUT2D eigenvalue weighted by Crippen LogP contribution is 2.27. The fraction of sp³-hybridized carbons (Fsp3) is 0.273. The van der Waals surface area contributed by atoms with E-state index in [-0.39, 0.29) is 10.6 Å². The van der Waals surface area contributed by atoms with Gasteiger partial charge in [-0.15, -0.1) is 6.58 Å². The minimum absolute atomic E-state index is 0.0606. The third kappa shape index (κ3) is 4.36. The fourth-order valence-corrected chi connectivity index (χ4v) is 2.18. The predicted molar refractivity (Wildman–Crippen MR) is 64.4 cm³/mol. The average molecular weight is 279 g/mol. The van der Waals surface area contributed by atoms with Gasteiger partial charge < -0.3 is 4.74 Å². The molecule has 0 spiro atoms. The summed E-state index contributed by atoms with van der Waals surface area (Å²) in [6.45, 7) is 3.87. The summed E-state index contributed by atoms with van der Waals surface area (Å²) in [7, 11) is 1.17. The Labute approximate surface area is 104 Å². The maximum absolute atomic E-state index is 12.9. The molecule has 0 atom stereocenters. The lowest BCUT2D eigenvalue weighted by Crippen LogP contribution is -2.02. The zero-order valence-corrected chi connectivity index (χ0v) is 10.6. The second-order valence-electron chi connectivity index (χ2n) is 3.31. The predicted octanol–water partition coefficient (Wildman–Crippen LogP) is 3.10. The highest BCUT2D eigenvalue weighted by Gasteiger charge is 2.17. The topological polar surface area (TPSA) is 43.4 Å². The molecule has 0 heterocycles. The van der Waals surface area contributed by atoms with Gasteiger partial charge in [0.15, 0.2) is 0 Å². The van der Waals surface area contributed by atoms with Gasteiger partial charge in [-0.2, -0.15) is 0 Å². The lowest BCUT2D eigenvalue weighted by Gasteiger charge is -2.08. The number of hydrogen-bond donors (Lipinski definition) is 0. The summed E-state index contributed by atoms with van der Waals surface area (Å²) < 4.78 is 40.6. The number of benzene rings is 1. The number of ether oxygens (including phenoxy) is 1. The highest BCUT2D eigenvalue weighted by atomic mass is 35.7. The number of hydrogen-bond acceptors (Lipinski definition) is 3. The molecule has 3 nitrogen and oxygen atoms in total. The lowest BCUT2D eigenvalue weighted by atomic mass is 10.3. The van der Waals surface area contributed by atoms with Gasteiger partial charge in [0.2, 0.25) is 0 Å². The van der Waals surface area contributed by atoms with Crippen LogP contribution >= 0.6 is 10.7 Å². The Morgan fingerprint density at radius 1 is 1.47 bits per heavy atom. The summed E-state index contributed by atoms with van der Waals surface area (Å²) in [5.41, 5.74) is 0. The Morgan fingerprint density at radius 3 is 2.76 bits per heavy atom. The normalized spacial score (nSPS) is 11.2. The van der Waals surface area contributed by atoms with Crippen molar-refractivity contribution in [3.63, 3.8) is 0 Å². The first-order valence-corrected chi connectivity index (χ1v) is 7.24. The molecule has 0 aliphatic rings. The minimum atomic E-state index is -4.01. The Morgan fingerprint density at radius 2 is 2.18 bits per heavy atom. The molecule has 1 aromatic rings. The molecule has 0 fully saturated rings. The van der Waals surface area contributed by atoms with Crippen molar-refractivity contribution in [1.82, 2.24) is 0 Å². The SMILES string of the molecule is C=CCCCOc1ccc(F)cc1S(=O)(=O)Cl. The molecule has 0 unspecified atom stereocenters. The van der Waals surface area contributed by atoms with Gasteiger partial charge in [0.05, 0.1) is 6.61 Å². The van der Waals surface area contributed by atoms with Crippen LogP contribution in [0.2, 0.25) is 0 Å². The number of halogens is 2. The second kappa shape index (κ2) is 6.02. The summed E-state index contributed by atoms with van der Waals surface area (Å²) in [5, 5.41) is 0. The van der Waals surface area contributed by atoms with Crippen LogP contribution in [0.15, 0.2) is 35.7 Å². The molecule has 0 saturated carbocycles. The zero-order valence-electron chi connectivity index (χ0n) is 9.03. The van der Waals surface area contributed by atoms with Gasteiger partial charge >= 0.3 is 0 Å². The summed E-state index contributed by atoms with van der Waals surface area (Å²) in [4.78, 5) is -0.349. The largest absolute Gasteiger partial charge is 0.492 e. The quantitative estimate of drug-likeness (QED) is 0.456. The van der Waals surface area contributed by atoms with Crippen LogP contribution in [0.3, 0.4) is 0 Å². The van der Waals surface area contributed by atoms with Crippen molar-refractivity contribution in [1.29, 1.82) is 0 Å². The first-order valence-electron chi connectivity index (χ1n) is 4.93. The molecule has 0 radical (unpaired) electrons. The maximum atomic E-state index is 12.9. The van der Waals surface area contributed by atoms with Gasteiger partial charge in [-0.1, -0.05) is 6.08 Å². The van der Waals surface area contributed by atoms with Crippen molar-refractivity contribution >= 4 is 19.7 Å². The molecular formula is C11H12ClFO3S. The Kier molecular flexibility index (Phi) is 4.96. The van der Waals surface area contributed by atoms with Crippen LogP contribution in [0.25, 0.3) is 0 Å². The van der Waals surface area contributed by atoms with Crippen LogP contribution in [0, 0.1) is 5.82 Å². The second-order valence-corrected chi connectivity index (χ2v) is 5.84. The number of allylic oxidation sites excluding steroid dienone is 1. The van der Waals surface area contributed by atoms with Crippen molar-refractivity contribution in [2.45, 2.75) is 17.7 Å². The molecule has 0 aromatic heterocycles. The molecule has 1 aromatic carbocycles. The minimum Gasteiger partial charge on any atom is -0.492 e. The van der Waals surface area contributed by atoms with E-state index < -0.39 is 14.9 Å². The van der Waals surface area contributed by atoms with E-state index in [1.165, 1.54) is 6.07 Å². The molecule has 0 saturated heterocycles. The van der Waals surface area contributed by atoms with Crippen LogP contribution in [-0.4, -0.2) is 15.0 Å². The van der Waals surface area contributed by atoms with Gasteiger partial charge in [0.25, 0.3) is 9.05 Å². The summed E-state index contributed by atoms with van der Waals surface area (Å²) in [5.74, 6) is -0.617. The van der Waals surface area contributed by atoms with Gasteiger partial charge in [0, 0.05) is 10.7 Å². The monoisotopic (exact) mass is 278 g/mol. The Hall–Kier alpha value is -1.07. The van der Waals surface area contributed by atoms with E-state index in [9.17, 15) is 12.8 Å². The third-order valence-electron chi connectivity index (χ3n) is 1.98. The van der Waals surface area contributed by atoms with Gasteiger partial charge in [-0.25, -0.2) is 12.8 Å². The van der Waals surface area contributed by atoms with E-state index in [1.807, 2.05) is 0 Å². The van der Waals surface area contributed by atoms with E-state index in [4.69, 9.17) is 15.4 Å². The first kappa shape index (κ1) is 14.0. The van der Waals surface area contributed by atoms with Crippen LogP contribution in [0.4, 0.5) is 4.39 Å². The Bertz CT molecular complexity index is 499. The van der Waals surface area contributed by atoms with Crippen LogP contribution in [-0.2, 0) is 9.05 Å². The van der Waals surface area contributed by atoms with Crippen molar-refractivity contribution in [3.05, 3.63) is 36.7 Å². The molecule has 6 heteroatoms. The third-order valence-corrected chi connectivity index (χ3v) is 3.32. The molecule has 17 heavy (non-hydrogen) atoms. The highest BCUT2D eigenvalue weighted by molar-refractivity contribution is 8.13. The number of unbranched alkanes of at least 4 members (excludes halogenated alkanes) is 1. The van der Waals surface area contributed by atoms with Crippen LogP contribution in [0.5, 0.6) is 5.75 Å². The number of rotatable bonds is 6. The molecular weight excluding hydrogens is 267 g/mol. The standard InChI is InChI=1S/C11H12ClFO3S/c1-2-3-4-7-16-10-6-5-9(13)8-11(10)17(12,14)15/h2,5-6,8H,1,3-4,7H2. The smallest absolute Gasteiger partial charge is 0.265 e. The van der Waals surface area contributed by atoms with E-state index in [0.717, 1.165) is 18.6 Å². The van der Waals surface area contributed by atoms with E-state index in [2.05, 4.69) is 6.58 Å². The van der Waals surface area contributed by atoms with Crippen molar-refractivity contribution < 1.29 is 17.5 Å². The first-order chi connectivity index (χ1) is 7.95. The van der Waals surface area contributed by atoms with Crippen molar-refractivity contribution in [2.75, 3.05) is 6.61 Å². The summed E-state index contributed by atoms with van der Waals surface area (Å²) in [6, 6.07) is 3.21. The molecule has 0 N–H and O–H groups in total. The van der Waals surface area contributed by atoms with Gasteiger partial charge in [-0.05, 0) is 31.0 Å². The van der Waals surface area contributed by atoms with E-state index >= 15 is 0 Å². The zero-order chi connectivity index (χ0) is 12.9. The summed E-state index contributed by atoms with van der Waals surface area (Å²) >= 11 is 0. The van der Waals surface area contributed by atoms with Crippen LogP contribution in [0.1, 0.15) is 12.8 Å². The molecule has 0 aliphatic carbocycles. The molecule has 94 valence electrons. The summed E-state index contributed by atoms with van der Waals surface area (Å²) in [6.07, 6.45) is 3.18. The average Bonchev–Trinajstić information content (AvgIpc) is 2.25. The van der Waals surface area contributed by atoms with E-state index in [1.54, 1.807) is 6.08 Å². The van der Waals surface area contributed by atoms with E-state index in [0.29, 0.717) is 13.0 Å². The van der Waals surface area contributed by atoms with Crippen LogP contribution < -0.4 is 4.74 Å². The lowest BCUT2D eigenvalue weighted by molar-refractivity contribution is 0.303. The van der Waals surface area contributed by atoms with Gasteiger partial charge in [0.1, 0.15) is 16.5 Å². The molecule has 0 aliphatic heterocycles. The molecule has 0 amide bonds. The maximum Gasteiger partial charge on any atom is 0.265 e. The van der Waals surface area contributed by atoms with Gasteiger partial charge in [-0.3, -0.25) is 0 Å². The van der Waals surface area contributed by atoms with Crippen molar-refractivity contribution in [2.24, 2.45) is 0 Å². The fourth-order valence-electron chi connectivity index (χ4n) is 1.20. The van der Waals surface area contributed by atoms with Crippen molar-refractivity contribution in [3.8, 4) is 5.75 Å².